The number of hydrogen-bond donors (Lipinski definition) is 1. The number of hydrogen-bond acceptors (Lipinski definition) is 2. The van der Waals surface area contributed by atoms with E-state index in [2.05, 4.69) is 35.1 Å². The van der Waals surface area contributed by atoms with Crippen molar-refractivity contribution in [3.63, 3.8) is 0 Å². The minimum Gasteiger partial charge on any atom is -0.331 e. The maximum Gasteiger partial charge on any atom is 0.254 e. The highest BCUT2D eigenvalue weighted by Gasteiger charge is 2.33. The van der Waals surface area contributed by atoms with Gasteiger partial charge in [0.05, 0.1) is 5.54 Å². The number of carbonyl (C=O) groups excluding carboxylic acids is 1. The maximum atomic E-state index is 12.6. The van der Waals surface area contributed by atoms with E-state index < -0.39 is 0 Å². The highest BCUT2D eigenvalue weighted by molar-refractivity contribution is 9.10. The summed E-state index contributed by atoms with van der Waals surface area (Å²) in [4.78, 5) is 14.6. The third-order valence-corrected chi connectivity index (χ3v) is 3.79. The first-order valence-electron chi connectivity index (χ1n) is 6.20. The molecule has 1 aromatic carbocycles. The van der Waals surface area contributed by atoms with Gasteiger partial charge in [0, 0.05) is 29.7 Å². The number of benzene rings is 1. The van der Waals surface area contributed by atoms with Gasteiger partial charge in [-0.15, -0.1) is 0 Å². The van der Waals surface area contributed by atoms with Crippen molar-refractivity contribution in [2.45, 2.75) is 26.3 Å². The monoisotopic (exact) mass is 310 g/mol. The lowest BCUT2D eigenvalue weighted by Crippen LogP contribution is -2.59. The SMILES string of the molecule is Cc1cc(Br)cc(C(=O)N2CCNCC2(C)C)c1. The van der Waals surface area contributed by atoms with E-state index in [1.54, 1.807) is 0 Å². The van der Waals surface area contributed by atoms with Gasteiger partial charge in [-0.1, -0.05) is 15.9 Å². The van der Waals surface area contributed by atoms with Crippen molar-refractivity contribution in [2.24, 2.45) is 0 Å². The Kier molecular flexibility index (Phi) is 3.78. The van der Waals surface area contributed by atoms with E-state index in [-0.39, 0.29) is 11.4 Å². The zero-order valence-electron chi connectivity index (χ0n) is 11.1. The first-order valence-corrected chi connectivity index (χ1v) is 6.99. The third kappa shape index (κ3) is 2.75. The normalized spacial score (nSPS) is 18.8. The number of piperazine rings is 1. The Labute approximate surface area is 117 Å². The molecule has 0 unspecified atom stereocenters. The lowest BCUT2D eigenvalue weighted by Gasteiger charge is -2.43. The van der Waals surface area contributed by atoms with Gasteiger partial charge >= 0.3 is 0 Å². The van der Waals surface area contributed by atoms with Crippen molar-refractivity contribution in [3.8, 4) is 0 Å². The zero-order chi connectivity index (χ0) is 13.3. The second-order valence-corrected chi connectivity index (χ2v) is 6.38. The number of nitrogens with zero attached hydrogens (tertiary/aromatic N) is 1. The number of nitrogens with one attached hydrogen (secondary N) is 1. The lowest BCUT2D eigenvalue weighted by atomic mass is 9.98. The van der Waals surface area contributed by atoms with Gasteiger partial charge in [-0.05, 0) is 44.5 Å². The van der Waals surface area contributed by atoms with Gasteiger partial charge in [-0.2, -0.15) is 0 Å². The summed E-state index contributed by atoms with van der Waals surface area (Å²) in [5.41, 5.74) is 1.73. The molecule has 0 aromatic heterocycles. The van der Waals surface area contributed by atoms with E-state index in [4.69, 9.17) is 0 Å². The predicted octanol–water partition coefficient (Wildman–Crippen LogP) is 2.58. The number of halogens is 1. The molecule has 1 aromatic rings. The summed E-state index contributed by atoms with van der Waals surface area (Å²) in [5.74, 6) is 0.117. The molecule has 1 N–H and O–H groups in total. The molecule has 3 nitrogen and oxygen atoms in total. The maximum absolute atomic E-state index is 12.6. The fourth-order valence-corrected chi connectivity index (χ4v) is 2.98. The largest absolute Gasteiger partial charge is 0.331 e. The molecule has 0 aliphatic carbocycles. The molecule has 0 radical (unpaired) electrons. The van der Waals surface area contributed by atoms with Crippen molar-refractivity contribution >= 4 is 21.8 Å². The lowest BCUT2D eigenvalue weighted by molar-refractivity contribution is 0.0477. The van der Waals surface area contributed by atoms with Crippen molar-refractivity contribution in [3.05, 3.63) is 33.8 Å². The molecule has 0 spiro atoms. The average molecular weight is 311 g/mol. The fraction of sp³-hybridized carbons (Fsp3) is 0.500. The van der Waals surface area contributed by atoms with Crippen LogP contribution < -0.4 is 5.32 Å². The fourth-order valence-electron chi connectivity index (χ4n) is 2.38. The predicted molar refractivity (Wildman–Crippen MR) is 76.9 cm³/mol. The minimum atomic E-state index is -0.133. The summed E-state index contributed by atoms with van der Waals surface area (Å²) >= 11 is 3.45. The quantitative estimate of drug-likeness (QED) is 0.864. The van der Waals surface area contributed by atoms with Gasteiger partial charge in [0.2, 0.25) is 0 Å². The molecule has 1 amide bonds. The van der Waals surface area contributed by atoms with E-state index in [9.17, 15) is 4.79 Å². The average Bonchev–Trinajstić information content (AvgIpc) is 2.26. The highest BCUT2D eigenvalue weighted by atomic mass is 79.9. The van der Waals surface area contributed by atoms with E-state index in [0.29, 0.717) is 0 Å². The van der Waals surface area contributed by atoms with Crippen LogP contribution in [0.3, 0.4) is 0 Å². The van der Waals surface area contributed by atoms with Gasteiger partial charge in [0.15, 0.2) is 0 Å². The molecule has 0 atom stereocenters. The number of carbonyl (C=O) groups is 1. The Hall–Kier alpha value is -0.870. The standard InChI is InChI=1S/C14H19BrN2O/c1-10-6-11(8-12(15)7-10)13(18)17-5-4-16-9-14(17,2)3/h6-8,16H,4-5,9H2,1-3H3. The van der Waals surface area contributed by atoms with Gasteiger partial charge in [-0.25, -0.2) is 0 Å². The topological polar surface area (TPSA) is 32.3 Å². The molecule has 2 rings (SSSR count). The second-order valence-electron chi connectivity index (χ2n) is 5.46. The molecule has 1 heterocycles. The van der Waals surface area contributed by atoms with Crippen LogP contribution in [0.4, 0.5) is 0 Å². The summed E-state index contributed by atoms with van der Waals surface area (Å²) in [6.07, 6.45) is 0. The molecular weight excluding hydrogens is 292 g/mol. The summed E-state index contributed by atoms with van der Waals surface area (Å²) in [7, 11) is 0. The van der Waals surface area contributed by atoms with Crippen LogP contribution in [0.15, 0.2) is 22.7 Å². The second kappa shape index (κ2) is 5.02. The summed E-state index contributed by atoms with van der Waals surface area (Å²) in [5, 5.41) is 3.33. The van der Waals surface area contributed by atoms with Crippen molar-refractivity contribution in [2.75, 3.05) is 19.6 Å². The van der Waals surface area contributed by atoms with Crippen LogP contribution in [-0.2, 0) is 0 Å². The third-order valence-electron chi connectivity index (χ3n) is 3.33. The highest BCUT2D eigenvalue weighted by Crippen LogP contribution is 2.22. The van der Waals surface area contributed by atoms with Crippen molar-refractivity contribution < 1.29 is 4.79 Å². The molecule has 0 bridgehead atoms. The van der Waals surface area contributed by atoms with E-state index in [1.165, 1.54) is 0 Å². The smallest absolute Gasteiger partial charge is 0.254 e. The van der Waals surface area contributed by atoms with E-state index >= 15 is 0 Å². The molecular formula is C14H19BrN2O. The van der Waals surface area contributed by atoms with Crippen LogP contribution >= 0.6 is 15.9 Å². The first kappa shape index (κ1) is 13.6. The van der Waals surface area contributed by atoms with Gasteiger partial charge in [0.1, 0.15) is 0 Å². The van der Waals surface area contributed by atoms with Crippen LogP contribution in [0.1, 0.15) is 29.8 Å². The van der Waals surface area contributed by atoms with Crippen molar-refractivity contribution in [1.82, 2.24) is 10.2 Å². The Morgan fingerprint density at radius 2 is 2.11 bits per heavy atom. The summed E-state index contributed by atoms with van der Waals surface area (Å²) in [6, 6.07) is 5.86. The molecule has 18 heavy (non-hydrogen) atoms. The molecule has 4 heteroatoms. The van der Waals surface area contributed by atoms with Gasteiger partial charge < -0.3 is 10.2 Å². The van der Waals surface area contributed by atoms with Crippen LogP contribution in [0.2, 0.25) is 0 Å². The van der Waals surface area contributed by atoms with Crippen LogP contribution in [0, 0.1) is 6.92 Å². The van der Waals surface area contributed by atoms with Gasteiger partial charge in [-0.3, -0.25) is 4.79 Å². The molecule has 1 aliphatic rings. The molecule has 1 fully saturated rings. The Morgan fingerprint density at radius 3 is 2.72 bits per heavy atom. The zero-order valence-corrected chi connectivity index (χ0v) is 12.7. The number of rotatable bonds is 1. The van der Waals surface area contributed by atoms with Crippen LogP contribution in [0.5, 0.6) is 0 Å². The molecule has 1 aliphatic heterocycles. The van der Waals surface area contributed by atoms with Crippen molar-refractivity contribution in [1.29, 1.82) is 0 Å². The molecule has 1 saturated heterocycles. The first-order chi connectivity index (χ1) is 8.40. The van der Waals surface area contributed by atoms with E-state index in [0.717, 1.165) is 35.2 Å². The van der Waals surface area contributed by atoms with Crippen LogP contribution in [0.25, 0.3) is 0 Å². The van der Waals surface area contributed by atoms with E-state index in [1.807, 2.05) is 30.0 Å². The summed E-state index contributed by atoms with van der Waals surface area (Å²) in [6.45, 7) is 8.67. The Morgan fingerprint density at radius 1 is 1.39 bits per heavy atom. The van der Waals surface area contributed by atoms with Gasteiger partial charge in [0.25, 0.3) is 5.91 Å². The summed E-state index contributed by atoms with van der Waals surface area (Å²) < 4.78 is 0.957. The Bertz CT molecular complexity index is 451. The number of aryl methyl sites for hydroxylation is 1. The Balaban J connectivity index is 2.30. The molecule has 0 saturated carbocycles. The van der Waals surface area contributed by atoms with Crippen LogP contribution in [-0.4, -0.2) is 36.0 Å². The molecule has 98 valence electrons. The minimum absolute atomic E-state index is 0.117. The number of amides is 1.